The van der Waals surface area contributed by atoms with Crippen molar-refractivity contribution in [1.29, 1.82) is 0 Å². The van der Waals surface area contributed by atoms with Crippen LogP contribution in [0.3, 0.4) is 0 Å². The molecule has 0 aromatic rings. The molecule has 2 unspecified atom stereocenters. The topological polar surface area (TPSA) is 58.9 Å². The molecule has 1 heterocycles. The van der Waals surface area contributed by atoms with Crippen molar-refractivity contribution < 1.29 is 19.7 Å². The molecule has 0 radical (unpaired) electrons. The summed E-state index contributed by atoms with van der Waals surface area (Å²) in [7, 11) is 0. The summed E-state index contributed by atoms with van der Waals surface area (Å²) in [5.74, 6) is 0. The second-order valence-electron chi connectivity index (χ2n) is 3.49. The Morgan fingerprint density at radius 2 is 1.67 bits per heavy atom. The smallest absolute Gasteiger partial charge is 0.181 e. The maximum absolute atomic E-state index is 9.35. The number of hydrogen-bond acceptors (Lipinski definition) is 4. The van der Waals surface area contributed by atoms with Gasteiger partial charge in [-0.15, -0.1) is 0 Å². The molecule has 2 N–H and O–H groups in total. The molecule has 4 nitrogen and oxygen atoms in total. The number of fused-ring (bicyclic) bond motifs is 2. The molecule has 1 aliphatic heterocycles. The van der Waals surface area contributed by atoms with E-state index in [2.05, 4.69) is 0 Å². The maximum atomic E-state index is 9.35. The molecule has 12 heavy (non-hydrogen) atoms. The Morgan fingerprint density at radius 3 is 2.17 bits per heavy atom. The van der Waals surface area contributed by atoms with Crippen LogP contribution < -0.4 is 0 Å². The molecule has 0 aromatic carbocycles. The van der Waals surface area contributed by atoms with E-state index in [4.69, 9.17) is 14.6 Å². The van der Waals surface area contributed by atoms with Crippen LogP contribution in [0.1, 0.15) is 19.3 Å². The molecule has 1 saturated carbocycles. The van der Waals surface area contributed by atoms with Crippen molar-refractivity contribution in [2.24, 2.45) is 0 Å². The van der Waals surface area contributed by atoms with Gasteiger partial charge < -0.3 is 19.7 Å². The van der Waals surface area contributed by atoms with Crippen molar-refractivity contribution in [2.45, 2.75) is 43.9 Å². The summed E-state index contributed by atoms with van der Waals surface area (Å²) >= 11 is 0. The first-order chi connectivity index (χ1) is 5.78. The van der Waals surface area contributed by atoms with Gasteiger partial charge in [0.05, 0.1) is 24.9 Å². The van der Waals surface area contributed by atoms with Crippen LogP contribution in [0.15, 0.2) is 0 Å². The average molecular weight is 174 g/mol. The largest absolute Gasteiger partial charge is 0.393 e. The fourth-order valence-corrected chi connectivity index (χ4v) is 1.96. The Hall–Kier alpha value is -0.160. The molecule has 0 aromatic heterocycles. The fourth-order valence-electron chi connectivity index (χ4n) is 1.96. The Kier molecular flexibility index (Phi) is 2.32. The molecular formula is C8H14O4. The minimum absolute atomic E-state index is 0.0737. The lowest BCUT2D eigenvalue weighted by Crippen LogP contribution is -2.46. The minimum atomic E-state index is -0.471. The van der Waals surface area contributed by atoms with Gasteiger partial charge in [-0.05, 0) is 12.8 Å². The van der Waals surface area contributed by atoms with Gasteiger partial charge in [0.25, 0.3) is 0 Å². The van der Waals surface area contributed by atoms with E-state index in [1.165, 1.54) is 0 Å². The molecule has 2 fully saturated rings. The van der Waals surface area contributed by atoms with Gasteiger partial charge in [-0.25, -0.2) is 0 Å². The fraction of sp³-hybridized carbons (Fsp3) is 1.00. The molecule has 70 valence electrons. The number of ether oxygens (including phenoxy) is 2. The van der Waals surface area contributed by atoms with Crippen LogP contribution in [0.5, 0.6) is 0 Å². The standard InChI is InChI=1S/C8H14O4/c9-4-8-11-6-1-5(10)2-7(3-6)12-8/h5-10H,1-4H2/t5?,6-,7+,8?. The van der Waals surface area contributed by atoms with Crippen molar-refractivity contribution >= 4 is 0 Å². The minimum Gasteiger partial charge on any atom is -0.393 e. The summed E-state index contributed by atoms with van der Waals surface area (Å²) in [6.07, 6.45) is 1.59. The number of aliphatic hydroxyl groups excluding tert-OH is 2. The predicted octanol–water partition coefficient (Wildman–Crippen LogP) is -0.366. The third kappa shape index (κ3) is 1.61. The van der Waals surface area contributed by atoms with Crippen molar-refractivity contribution in [1.82, 2.24) is 0 Å². The predicted molar refractivity (Wildman–Crippen MR) is 40.5 cm³/mol. The second kappa shape index (κ2) is 3.30. The van der Waals surface area contributed by atoms with Gasteiger partial charge in [0.15, 0.2) is 6.29 Å². The highest BCUT2D eigenvalue weighted by molar-refractivity contribution is 4.83. The average Bonchev–Trinajstić information content (AvgIpc) is 2.02. The Bertz CT molecular complexity index is 143. The Labute approximate surface area is 71.1 Å². The van der Waals surface area contributed by atoms with Gasteiger partial charge in [0, 0.05) is 6.42 Å². The molecule has 4 atom stereocenters. The molecule has 0 spiro atoms. The quantitative estimate of drug-likeness (QED) is 0.569. The van der Waals surface area contributed by atoms with Crippen LogP contribution in [0, 0.1) is 0 Å². The van der Waals surface area contributed by atoms with E-state index < -0.39 is 6.29 Å². The van der Waals surface area contributed by atoms with Gasteiger partial charge in [-0.1, -0.05) is 0 Å². The summed E-state index contributed by atoms with van der Waals surface area (Å²) in [5.41, 5.74) is 0. The van der Waals surface area contributed by atoms with Crippen molar-refractivity contribution in [3.63, 3.8) is 0 Å². The SMILES string of the molecule is OCC1O[C@@H]2CC(O)C[C@@H](C2)O1. The number of aliphatic hydroxyl groups is 2. The molecule has 4 heteroatoms. The van der Waals surface area contributed by atoms with Gasteiger partial charge >= 0.3 is 0 Å². The second-order valence-corrected chi connectivity index (χ2v) is 3.49. The van der Waals surface area contributed by atoms with Crippen LogP contribution in [0.2, 0.25) is 0 Å². The first-order valence-electron chi connectivity index (χ1n) is 4.37. The number of rotatable bonds is 1. The summed E-state index contributed by atoms with van der Waals surface area (Å²) in [6, 6.07) is 0. The molecule has 1 saturated heterocycles. The summed E-state index contributed by atoms with van der Waals surface area (Å²) in [6.45, 7) is -0.0942. The lowest BCUT2D eigenvalue weighted by atomic mass is 9.91. The first kappa shape index (κ1) is 8.44. The van der Waals surface area contributed by atoms with E-state index >= 15 is 0 Å². The lowest BCUT2D eigenvalue weighted by molar-refractivity contribution is -0.276. The van der Waals surface area contributed by atoms with Crippen molar-refractivity contribution in [2.75, 3.05) is 6.61 Å². The first-order valence-corrected chi connectivity index (χ1v) is 4.37. The molecule has 1 aliphatic carbocycles. The van der Waals surface area contributed by atoms with Gasteiger partial charge in [0.2, 0.25) is 0 Å². The van der Waals surface area contributed by atoms with Crippen LogP contribution in [0.25, 0.3) is 0 Å². The van der Waals surface area contributed by atoms with Crippen LogP contribution in [0.4, 0.5) is 0 Å². The molecular weight excluding hydrogens is 160 g/mol. The van der Waals surface area contributed by atoms with Crippen molar-refractivity contribution in [3.8, 4) is 0 Å². The van der Waals surface area contributed by atoms with Crippen LogP contribution in [-0.4, -0.2) is 41.4 Å². The molecule has 2 bridgehead atoms. The van der Waals surface area contributed by atoms with E-state index in [0.717, 1.165) is 6.42 Å². The van der Waals surface area contributed by atoms with Crippen LogP contribution in [-0.2, 0) is 9.47 Å². The highest BCUT2D eigenvalue weighted by atomic mass is 16.7. The summed E-state index contributed by atoms with van der Waals surface area (Å²) in [5, 5.41) is 18.2. The highest BCUT2D eigenvalue weighted by Gasteiger charge is 2.36. The molecule has 0 amide bonds. The third-order valence-corrected chi connectivity index (χ3v) is 2.43. The Balaban J connectivity index is 1.96. The highest BCUT2D eigenvalue weighted by Crippen LogP contribution is 2.30. The summed E-state index contributed by atoms with van der Waals surface area (Å²) in [4.78, 5) is 0. The van der Waals surface area contributed by atoms with E-state index in [1.807, 2.05) is 0 Å². The van der Waals surface area contributed by atoms with Gasteiger partial charge in [-0.3, -0.25) is 0 Å². The van der Waals surface area contributed by atoms with E-state index in [1.54, 1.807) is 0 Å². The zero-order chi connectivity index (χ0) is 8.55. The number of hydrogen-bond donors (Lipinski definition) is 2. The Morgan fingerprint density at radius 1 is 1.08 bits per heavy atom. The maximum Gasteiger partial charge on any atom is 0.181 e. The van der Waals surface area contributed by atoms with Gasteiger partial charge in [0.1, 0.15) is 0 Å². The monoisotopic (exact) mass is 174 g/mol. The lowest BCUT2D eigenvalue weighted by Gasteiger charge is -2.40. The normalized spacial score (nSPS) is 47.5. The van der Waals surface area contributed by atoms with Crippen LogP contribution >= 0.6 is 0 Å². The zero-order valence-corrected chi connectivity index (χ0v) is 6.85. The third-order valence-electron chi connectivity index (χ3n) is 2.43. The van der Waals surface area contributed by atoms with E-state index in [-0.39, 0.29) is 24.9 Å². The van der Waals surface area contributed by atoms with Gasteiger partial charge in [-0.2, -0.15) is 0 Å². The zero-order valence-electron chi connectivity index (χ0n) is 6.85. The van der Waals surface area contributed by atoms with E-state index in [9.17, 15) is 5.11 Å². The molecule has 2 aliphatic rings. The van der Waals surface area contributed by atoms with E-state index in [0.29, 0.717) is 12.8 Å². The van der Waals surface area contributed by atoms with Crippen molar-refractivity contribution in [3.05, 3.63) is 0 Å². The summed E-state index contributed by atoms with van der Waals surface area (Å²) < 4.78 is 10.7. The molecule has 2 rings (SSSR count).